The largest absolute Gasteiger partial charge is 0.338 e. The summed E-state index contributed by atoms with van der Waals surface area (Å²) in [5.74, 6) is 2.03. The molecule has 0 unspecified atom stereocenters. The Morgan fingerprint density at radius 1 is 0.969 bits per heavy atom. The Balaban J connectivity index is 1.50. The van der Waals surface area contributed by atoms with Crippen LogP contribution in [0.4, 0.5) is 23.4 Å². The van der Waals surface area contributed by atoms with Crippen LogP contribution >= 0.6 is 0 Å². The van der Waals surface area contributed by atoms with Gasteiger partial charge in [0.1, 0.15) is 17.3 Å². The molecular formula is C23H28N8O. The molecule has 0 atom stereocenters. The van der Waals surface area contributed by atoms with Gasteiger partial charge in [0.25, 0.3) is 5.91 Å². The minimum Gasteiger partial charge on any atom is -0.338 e. The third-order valence-electron chi connectivity index (χ3n) is 5.30. The van der Waals surface area contributed by atoms with Gasteiger partial charge in [0.2, 0.25) is 11.9 Å². The Kier molecular flexibility index (Phi) is 6.55. The molecule has 2 aromatic heterocycles. The van der Waals surface area contributed by atoms with E-state index in [0.717, 1.165) is 37.4 Å². The number of rotatable bonds is 6. The normalized spacial score (nSPS) is 14.3. The fourth-order valence-corrected chi connectivity index (χ4v) is 3.35. The van der Waals surface area contributed by atoms with Gasteiger partial charge in [-0.05, 0) is 38.2 Å². The van der Waals surface area contributed by atoms with Crippen LogP contribution in [0.15, 0.2) is 42.5 Å². The molecule has 0 saturated carbocycles. The highest BCUT2D eigenvalue weighted by molar-refractivity contribution is 6.03. The molecule has 1 aliphatic heterocycles. The van der Waals surface area contributed by atoms with E-state index in [1.807, 2.05) is 38.1 Å². The molecule has 9 heteroatoms. The molecule has 0 radical (unpaired) electrons. The van der Waals surface area contributed by atoms with Crippen LogP contribution < -0.4 is 15.5 Å². The predicted molar refractivity (Wildman–Crippen MR) is 126 cm³/mol. The average Bonchev–Trinajstić information content (AvgIpc) is 2.81. The number of aryl methyl sites for hydroxylation is 2. The first-order valence-corrected chi connectivity index (χ1v) is 10.8. The van der Waals surface area contributed by atoms with Crippen molar-refractivity contribution in [3.05, 3.63) is 59.5 Å². The number of aromatic nitrogens is 4. The van der Waals surface area contributed by atoms with Gasteiger partial charge < -0.3 is 20.4 Å². The molecule has 0 bridgehead atoms. The summed E-state index contributed by atoms with van der Waals surface area (Å²) in [4.78, 5) is 35.2. The van der Waals surface area contributed by atoms with E-state index in [0.29, 0.717) is 35.7 Å². The first-order valence-electron chi connectivity index (χ1n) is 10.8. The lowest BCUT2D eigenvalue weighted by atomic mass is 10.2. The van der Waals surface area contributed by atoms with E-state index in [4.69, 9.17) is 0 Å². The molecule has 9 nitrogen and oxygen atoms in total. The monoisotopic (exact) mass is 432 g/mol. The summed E-state index contributed by atoms with van der Waals surface area (Å²) < 4.78 is 0. The van der Waals surface area contributed by atoms with Crippen molar-refractivity contribution < 1.29 is 4.79 Å². The van der Waals surface area contributed by atoms with Crippen molar-refractivity contribution in [1.82, 2.24) is 24.8 Å². The number of pyridine rings is 1. The Hall–Kier alpha value is -3.59. The lowest BCUT2D eigenvalue weighted by Gasteiger charge is -2.32. The minimum absolute atomic E-state index is 0.277. The SMILES string of the molecule is CCc1nc(Nc2cccc(C(=O)Nc3ccc(C)cc3)n2)nc(N2CCN(C)CC2)n1. The lowest BCUT2D eigenvalue weighted by molar-refractivity contribution is 0.102. The number of nitrogens with zero attached hydrogens (tertiary/aromatic N) is 6. The molecule has 4 rings (SSSR count). The molecule has 1 fully saturated rings. The molecule has 2 N–H and O–H groups in total. The second-order valence-electron chi connectivity index (χ2n) is 7.87. The first-order chi connectivity index (χ1) is 15.5. The van der Waals surface area contributed by atoms with Gasteiger partial charge in [0.15, 0.2) is 0 Å². The number of carbonyl (C=O) groups is 1. The molecule has 166 valence electrons. The van der Waals surface area contributed by atoms with Crippen LogP contribution in [-0.4, -0.2) is 64.0 Å². The first kappa shape index (κ1) is 21.6. The van der Waals surface area contributed by atoms with E-state index in [1.165, 1.54) is 0 Å². The van der Waals surface area contributed by atoms with Crippen molar-refractivity contribution in [2.75, 3.05) is 48.8 Å². The molecule has 1 aliphatic rings. The van der Waals surface area contributed by atoms with Crippen LogP contribution in [0.5, 0.6) is 0 Å². The number of carbonyl (C=O) groups excluding carboxylic acids is 1. The zero-order valence-electron chi connectivity index (χ0n) is 18.7. The summed E-state index contributed by atoms with van der Waals surface area (Å²) in [6, 6.07) is 12.9. The predicted octanol–water partition coefficient (Wildman–Crippen LogP) is 2.89. The number of nitrogens with one attached hydrogen (secondary N) is 2. The van der Waals surface area contributed by atoms with Crippen LogP contribution in [-0.2, 0) is 6.42 Å². The quantitative estimate of drug-likeness (QED) is 0.613. The van der Waals surface area contributed by atoms with Crippen molar-refractivity contribution in [3.8, 4) is 0 Å². The molecule has 0 aliphatic carbocycles. The number of anilines is 4. The zero-order chi connectivity index (χ0) is 22.5. The molecule has 3 aromatic rings. The van der Waals surface area contributed by atoms with Crippen LogP contribution in [0.25, 0.3) is 0 Å². The van der Waals surface area contributed by atoms with E-state index >= 15 is 0 Å². The highest BCUT2D eigenvalue weighted by Gasteiger charge is 2.18. The zero-order valence-corrected chi connectivity index (χ0v) is 18.7. The Morgan fingerprint density at radius 3 is 2.44 bits per heavy atom. The summed E-state index contributed by atoms with van der Waals surface area (Å²) >= 11 is 0. The second kappa shape index (κ2) is 9.69. The van der Waals surface area contributed by atoms with Gasteiger partial charge in [-0.2, -0.15) is 15.0 Å². The molecule has 3 heterocycles. The van der Waals surface area contributed by atoms with E-state index < -0.39 is 0 Å². The number of benzene rings is 1. The van der Waals surface area contributed by atoms with Crippen molar-refractivity contribution in [2.45, 2.75) is 20.3 Å². The Bertz CT molecular complexity index is 1080. The molecule has 32 heavy (non-hydrogen) atoms. The van der Waals surface area contributed by atoms with Crippen LogP contribution in [0.2, 0.25) is 0 Å². The van der Waals surface area contributed by atoms with Crippen molar-refractivity contribution >= 4 is 29.3 Å². The maximum atomic E-state index is 12.6. The Labute approximate surface area is 187 Å². The fourth-order valence-electron chi connectivity index (χ4n) is 3.35. The second-order valence-corrected chi connectivity index (χ2v) is 7.87. The van der Waals surface area contributed by atoms with Crippen molar-refractivity contribution in [3.63, 3.8) is 0 Å². The molecule has 0 spiro atoms. The highest BCUT2D eigenvalue weighted by atomic mass is 16.1. The van der Waals surface area contributed by atoms with Gasteiger partial charge >= 0.3 is 0 Å². The van der Waals surface area contributed by atoms with Gasteiger partial charge in [0, 0.05) is 38.3 Å². The maximum Gasteiger partial charge on any atom is 0.274 e. The van der Waals surface area contributed by atoms with Gasteiger partial charge in [-0.15, -0.1) is 0 Å². The number of hydrogen-bond acceptors (Lipinski definition) is 8. The average molecular weight is 433 g/mol. The topological polar surface area (TPSA) is 99.2 Å². The molecule has 1 saturated heterocycles. The van der Waals surface area contributed by atoms with E-state index in [1.54, 1.807) is 18.2 Å². The highest BCUT2D eigenvalue weighted by Crippen LogP contribution is 2.17. The van der Waals surface area contributed by atoms with E-state index in [2.05, 4.69) is 47.4 Å². The number of amides is 1. The van der Waals surface area contributed by atoms with Crippen molar-refractivity contribution in [1.29, 1.82) is 0 Å². The van der Waals surface area contributed by atoms with Gasteiger partial charge in [-0.1, -0.05) is 30.7 Å². The summed E-state index contributed by atoms with van der Waals surface area (Å²) in [7, 11) is 2.11. The van der Waals surface area contributed by atoms with Crippen molar-refractivity contribution in [2.24, 2.45) is 0 Å². The number of likely N-dealkylation sites (N-methyl/N-ethyl adjacent to an activating group) is 1. The smallest absolute Gasteiger partial charge is 0.274 e. The molecule has 1 aromatic carbocycles. The lowest BCUT2D eigenvalue weighted by Crippen LogP contribution is -2.45. The standard InChI is InChI=1S/C23H28N8O/c1-4-19-26-22(29-23(28-19)31-14-12-30(3)13-15-31)27-20-7-5-6-18(25-20)21(32)24-17-10-8-16(2)9-11-17/h5-11H,4,12-15H2,1-3H3,(H,24,32)(H,25,26,27,28,29). The van der Waals surface area contributed by atoms with Crippen LogP contribution in [0.1, 0.15) is 28.8 Å². The summed E-state index contributed by atoms with van der Waals surface area (Å²) in [5, 5.41) is 6.01. The van der Waals surface area contributed by atoms with Gasteiger partial charge in [0.05, 0.1) is 0 Å². The number of hydrogen-bond donors (Lipinski definition) is 2. The summed E-state index contributed by atoms with van der Waals surface area (Å²) in [6.45, 7) is 7.70. The van der Waals surface area contributed by atoms with Crippen LogP contribution in [0, 0.1) is 6.92 Å². The fraction of sp³-hybridized carbons (Fsp3) is 0.348. The molecule has 1 amide bonds. The summed E-state index contributed by atoms with van der Waals surface area (Å²) in [5.41, 5.74) is 2.16. The maximum absolute atomic E-state index is 12.6. The summed E-state index contributed by atoms with van der Waals surface area (Å²) in [6.07, 6.45) is 0.699. The van der Waals surface area contributed by atoms with Gasteiger partial charge in [-0.25, -0.2) is 4.98 Å². The van der Waals surface area contributed by atoms with Crippen LogP contribution in [0.3, 0.4) is 0 Å². The molecular weight excluding hydrogens is 404 g/mol. The number of piperazine rings is 1. The minimum atomic E-state index is -0.277. The van der Waals surface area contributed by atoms with E-state index in [-0.39, 0.29) is 5.91 Å². The van der Waals surface area contributed by atoms with E-state index in [9.17, 15) is 4.79 Å². The third-order valence-corrected chi connectivity index (χ3v) is 5.30. The van der Waals surface area contributed by atoms with Gasteiger partial charge in [-0.3, -0.25) is 4.79 Å². The third kappa shape index (κ3) is 5.36. The Morgan fingerprint density at radius 2 is 1.72 bits per heavy atom.